The highest BCUT2D eigenvalue weighted by Gasteiger charge is 2.20. The first-order chi connectivity index (χ1) is 12.3. The first-order valence-electron chi connectivity index (χ1n) is 7.89. The van der Waals surface area contributed by atoms with Crippen LogP contribution >= 0.6 is 23.2 Å². The summed E-state index contributed by atoms with van der Waals surface area (Å²) in [7, 11) is 1.50. The van der Waals surface area contributed by atoms with E-state index >= 15 is 0 Å². The maximum Gasteiger partial charge on any atom is 0.311 e. The average Bonchev–Trinajstić information content (AvgIpc) is 2.59. The highest BCUT2D eigenvalue weighted by atomic mass is 35.5. The van der Waals surface area contributed by atoms with E-state index in [1.54, 1.807) is 43.3 Å². The van der Waals surface area contributed by atoms with Gasteiger partial charge in [0.15, 0.2) is 6.10 Å². The fourth-order valence-electron chi connectivity index (χ4n) is 2.31. The quantitative estimate of drug-likeness (QED) is 0.734. The fourth-order valence-corrected chi connectivity index (χ4v) is 2.68. The molecule has 0 fully saturated rings. The Hall–Kier alpha value is -2.24. The third kappa shape index (κ3) is 5.13. The largest absolute Gasteiger partial charge is 0.496 e. The van der Waals surface area contributed by atoms with Crippen LogP contribution in [0.4, 0.5) is 5.69 Å². The molecule has 2 rings (SSSR count). The third-order valence-corrected chi connectivity index (χ3v) is 4.42. The molecule has 0 aliphatic heterocycles. The molecule has 26 heavy (non-hydrogen) atoms. The van der Waals surface area contributed by atoms with E-state index in [4.69, 9.17) is 32.7 Å². The van der Waals surface area contributed by atoms with Crippen LogP contribution in [0.15, 0.2) is 36.4 Å². The Morgan fingerprint density at radius 2 is 1.92 bits per heavy atom. The molecule has 0 saturated heterocycles. The second-order valence-electron chi connectivity index (χ2n) is 5.67. The van der Waals surface area contributed by atoms with Crippen molar-refractivity contribution in [1.29, 1.82) is 0 Å². The number of halogens is 2. The first-order valence-corrected chi connectivity index (χ1v) is 8.65. The van der Waals surface area contributed by atoms with Crippen molar-refractivity contribution < 1.29 is 19.1 Å². The zero-order valence-electron chi connectivity index (χ0n) is 14.6. The summed E-state index contributed by atoms with van der Waals surface area (Å²) in [6.45, 7) is 3.29. The molecule has 0 saturated carbocycles. The number of methoxy groups -OCH3 is 1. The van der Waals surface area contributed by atoms with Gasteiger partial charge in [0.2, 0.25) is 0 Å². The van der Waals surface area contributed by atoms with Crippen LogP contribution in [0.2, 0.25) is 10.0 Å². The molecule has 1 N–H and O–H groups in total. The van der Waals surface area contributed by atoms with Crippen molar-refractivity contribution in [3.05, 3.63) is 57.6 Å². The standard InChI is InChI=1S/C19H19Cl2NO4/c1-11-15(21)5-4-6-16(11)22-19(24)12(2)26-18(23)10-13-9-14(20)7-8-17(13)25-3/h4-9,12H,10H2,1-3H3,(H,22,24)/t12-/m1/s1. The molecule has 2 aromatic rings. The van der Waals surface area contributed by atoms with Gasteiger partial charge in [-0.05, 0) is 49.7 Å². The molecule has 0 spiro atoms. The summed E-state index contributed by atoms with van der Waals surface area (Å²) < 4.78 is 10.4. The minimum Gasteiger partial charge on any atom is -0.496 e. The number of esters is 1. The van der Waals surface area contributed by atoms with Gasteiger partial charge in [-0.2, -0.15) is 0 Å². The predicted octanol–water partition coefficient (Wildman–Crippen LogP) is 4.42. The summed E-state index contributed by atoms with van der Waals surface area (Å²) in [5.41, 5.74) is 1.90. The van der Waals surface area contributed by atoms with Gasteiger partial charge in [0.25, 0.3) is 5.91 Å². The van der Waals surface area contributed by atoms with E-state index in [1.807, 2.05) is 0 Å². The van der Waals surface area contributed by atoms with Crippen LogP contribution in [0.1, 0.15) is 18.1 Å². The highest BCUT2D eigenvalue weighted by Crippen LogP contribution is 2.24. The number of nitrogens with one attached hydrogen (secondary N) is 1. The molecule has 0 aromatic heterocycles. The molecule has 0 aliphatic carbocycles. The van der Waals surface area contributed by atoms with E-state index in [1.165, 1.54) is 14.0 Å². The van der Waals surface area contributed by atoms with Crippen LogP contribution in [0, 0.1) is 6.92 Å². The number of carbonyl (C=O) groups excluding carboxylic acids is 2. The molecular formula is C19H19Cl2NO4. The van der Waals surface area contributed by atoms with Crippen LogP contribution in [0.3, 0.4) is 0 Å². The van der Waals surface area contributed by atoms with E-state index in [2.05, 4.69) is 5.32 Å². The first kappa shape index (κ1) is 20.1. The van der Waals surface area contributed by atoms with Crippen LogP contribution in [-0.2, 0) is 20.7 Å². The zero-order chi connectivity index (χ0) is 19.3. The number of ether oxygens (including phenoxy) is 2. The zero-order valence-corrected chi connectivity index (χ0v) is 16.1. The Morgan fingerprint density at radius 3 is 2.62 bits per heavy atom. The average molecular weight is 396 g/mol. The minimum absolute atomic E-state index is 0.0580. The maximum absolute atomic E-state index is 12.3. The van der Waals surface area contributed by atoms with Crippen molar-refractivity contribution >= 4 is 40.8 Å². The SMILES string of the molecule is COc1ccc(Cl)cc1CC(=O)O[C@H](C)C(=O)Nc1cccc(Cl)c1C. The monoisotopic (exact) mass is 395 g/mol. The molecule has 138 valence electrons. The molecule has 0 heterocycles. The molecule has 7 heteroatoms. The number of hydrogen-bond acceptors (Lipinski definition) is 4. The minimum atomic E-state index is -0.967. The number of anilines is 1. The molecule has 0 radical (unpaired) electrons. The number of rotatable bonds is 6. The van der Waals surface area contributed by atoms with E-state index in [0.29, 0.717) is 27.0 Å². The molecular weight excluding hydrogens is 377 g/mol. The number of amides is 1. The number of hydrogen-bond donors (Lipinski definition) is 1. The smallest absolute Gasteiger partial charge is 0.311 e. The summed E-state index contributed by atoms with van der Waals surface area (Å²) in [6.07, 6.45) is -1.02. The second-order valence-corrected chi connectivity index (χ2v) is 6.51. The summed E-state index contributed by atoms with van der Waals surface area (Å²) in [4.78, 5) is 24.4. The van der Waals surface area contributed by atoms with Crippen molar-refractivity contribution in [3.63, 3.8) is 0 Å². The van der Waals surface area contributed by atoms with Crippen molar-refractivity contribution in [2.75, 3.05) is 12.4 Å². The van der Waals surface area contributed by atoms with Gasteiger partial charge in [-0.1, -0.05) is 29.3 Å². The predicted molar refractivity (Wildman–Crippen MR) is 102 cm³/mol. The topological polar surface area (TPSA) is 64.6 Å². The van der Waals surface area contributed by atoms with Crippen LogP contribution < -0.4 is 10.1 Å². The van der Waals surface area contributed by atoms with Gasteiger partial charge in [-0.3, -0.25) is 9.59 Å². The van der Waals surface area contributed by atoms with Gasteiger partial charge < -0.3 is 14.8 Å². The van der Waals surface area contributed by atoms with Crippen molar-refractivity contribution in [2.24, 2.45) is 0 Å². The molecule has 0 aliphatic rings. The Balaban J connectivity index is 1.99. The Bertz CT molecular complexity index is 823. The van der Waals surface area contributed by atoms with Gasteiger partial charge in [-0.25, -0.2) is 0 Å². The maximum atomic E-state index is 12.3. The Kier molecular flexibility index (Phi) is 6.89. The van der Waals surface area contributed by atoms with Crippen molar-refractivity contribution in [2.45, 2.75) is 26.4 Å². The molecule has 5 nitrogen and oxygen atoms in total. The van der Waals surface area contributed by atoms with E-state index in [0.717, 1.165) is 5.56 Å². The summed E-state index contributed by atoms with van der Waals surface area (Å²) in [5, 5.41) is 3.73. The van der Waals surface area contributed by atoms with Gasteiger partial charge >= 0.3 is 5.97 Å². The van der Waals surface area contributed by atoms with E-state index in [9.17, 15) is 9.59 Å². The fraction of sp³-hybridized carbons (Fsp3) is 0.263. The van der Waals surface area contributed by atoms with Crippen molar-refractivity contribution in [3.8, 4) is 5.75 Å². The Labute approximate surface area is 162 Å². The molecule has 1 amide bonds. The summed E-state index contributed by atoms with van der Waals surface area (Å²) in [5.74, 6) is -0.476. The second kappa shape index (κ2) is 8.92. The number of carbonyl (C=O) groups is 2. The molecule has 0 bridgehead atoms. The van der Waals surface area contributed by atoms with Crippen LogP contribution in [0.5, 0.6) is 5.75 Å². The molecule has 1 atom stereocenters. The highest BCUT2D eigenvalue weighted by molar-refractivity contribution is 6.31. The van der Waals surface area contributed by atoms with Gasteiger partial charge in [0, 0.05) is 21.3 Å². The third-order valence-electron chi connectivity index (χ3n) is 3.78. The summed E-state index contributed by atoms with van der Waals surface area (Å²) >= 11 is 12.0. The van der Waals surface area contributed by atoms with Gasteiger partial charge in [-0.15, -0.1) is 0 Å². The molecule has 2 aromatic carbocycles. The molecule has 0 unspecified atom stereocenters. The lowest BCUT2D eigenvalue weighted by Gasteiger charge is -2.16. The van der Waals surface area contributed by atoms with Gasteiger partial charge in [0.05, 0.1) is 13.5 Å². The van der Waals surface area contributed by atoms with Gasteiger partial charge in [0.1, 0.15) is 5.75 Å². The van der Waals surface area contributed by atoms with Crippen LogP contribution in [-0.4, -0.2) is 25.1 Å². The lowest BCUT2D eigenvalue weighted by molar-refractivity contribution is -0.152. The number of benzene rings is 2. The normalized spacial score (nSPS) is 11.6. The Morgan fingerprint density at radius 1 is 1.19 bits per heavy atom. The van der Waals surface area contributed by atoms with Crippen molar-refractivity contribution in [1.82, 2.24) is 0 Å². The van der Waals surface area contributed by atoms with E-state index in [-0.39, 0.29) is 6.42 Å². The lowest BCUT2D eigenvalue weighted by Crippen LogP contribution is -2.30. The lowest BCUT2D eigenvalue weighted by atomic mass is 10.1. The van der Waals surface area contributed by atoms with E-state index < -0.39 is 18.0 Å². The summed E-state index contributed by atoms with van der Waals surface area (Å²) in [6, 6.07) is 10.1. The van der Waals surface area contributed by atoms with Crippen LogP contribution in [0.25, 0.3) is 0 Å².